The fourth-order valence-electron chi connectivity index (χ4n) is 7.08. The zero-order chi connectivity index (χ0) is 37.8. The average Bonchev–Trinajstić information content (AvgIpc) is 3.61. The monoisotopic (exact) mass is 724 g/mol. The molecule has 0 amide bonds. The summed E-state index contributed by atoms with van der Waals surface area (Å²) in [6, 6.07) is 52.2. The Morgan fingerprint density at radius 1 is 0.643 bits per heavy atom. The molecule has 5 aromatic carbocycles. The van der Waals surface area contributed by atoms with Crippen molar-refractivity contribution in [2.24, 2.45) is 15.7 Å². The van der Waals surface area contributed by atoms with E-state index in [-0.39, 0.29) is 12.1 Å². The number of aromatic nitrogens is 4. The van der Waals surface area contributed by atoms with Gasteiger partial charge >= 0.3 is 0 Å². The second-order valence-electron chi connectivity index (χ2n) is 13.5. The number of fused-ring (bicyclic) bond motifs is 3. The van der Waals surface area contributed by atoms with Crippen molar-refractivity contribution >= 4 is 35.0 Å². The number of benzene rings is 5. The molecule has 9 rings (SSSR count). The molecule has 4 heterocycles. The summed E-state index contributed by atoms with van der Waals surface area (Å²) in [5.41, 5.74) is 16.7. The Morgan fingerprint density at radius 3 is 1.89 bits per heavy atom. The van der Waals surface area contributed by atoms with Gasteiger partial charge in [-0.25, -0.2) is 24.9 Å². The number of aliphatic imine (C=N–C) groups is 2. The van der Waals surface area contributed by atoms with Crippen molar-refractivity contribution in [2.45, 2.75) is 12.1 Å². The molecular formula is C48H36N8. The topological polar surface area (TPSA) is 106 Å². The lowest BCUT2D eigenvalue weighted by atomic mass is 9.97. The van der Waals surface area contributed by atoms with Gasteiger partial charge in [-0.1, -0.05) is 152 Å². The zero-order valence-electron chi connectivity index (χ0n) is 30.4. The van der Waals surface area contributed by atoms with Gasteiger partial charge in [-0.2, -0.15) is 0 Å². The summed E-state index contributed by atoms with van der Waals surface area (Å²) in [5, 5.41) is 0. The van der Waals surface area contributed by atoms with Crippen LogP contribution in [0.25, 0.3) is 45.4 Å². The normalized spacial score (nSPS) is 16.0. The van der Waals surface area contributed by atoms with Gasteiger partial charge in [0.05, 0.1) is 34.2 Å². The molecule has 7 aromatic rings. The maximum absolute atomic E-state index is 6.67. The molecular weight excluding hydrogens is 689 g/mol. The highest BCUT2D eigenvalue weighted by atomic mass is 15.4. The third-order valence-corrected chi connectivity index (χ3v) is 9.83. The highest BCUT2D eigenvalue weighted by molar-refractivity contribution is 6.13. The van der Waals surface area contributed by atoms with Gasteiger partial charge in [0.1, 0.15) is 11.9 Å². The number of para-hydroxylation sites is 1. The summed E-state index contributed by atoms with van der Waals surface area (Å²) in [5.74, 6) is 0.919. The number of rotatable bonds is 9. The van der Waals surface area contributed by atoms with Crippen LogP contribution in [0.4, 0.5) is 11.6 Å². The van der Waals surface area contributed by atoms with Crippen molar-refractivity contribution in [3.05, 3.63) is 205 Å². The van der Waals surface area contributed by atoms with Crippen molar-refractivity contribution in [1.29, 1.82) is 0 Å². The van der Waals surface area contributed by atoms with E-state index in [4.69, 9.17) is 35.7 Å². The fraction of sp³-hybridized carbons (Fsp3) is 0.0417. The van der Waals surface area contributed by atoms with E-state index >= 15 is 0 Å². The Bertz CT molecular complexity index is 2610. The molecule has 2 unspecified atom stereocenters. The van der Waals surface area contributed by atoms with Crippen LogP contribution in [0.5, 0.6) is 0 Å². The summed E-state index contributed by atoms with van der Waals surface area (Å²) >= 11 is 0. The molecule has 0 aliphatic carbocycles. The van der Waals surface area contributed by atoms with Crippen LogP contribution in [0.1, 0.15) is 28.3 Å². The molecule has 2 N–H and O–H groups in total. The lowest BCUT2D eigenvalue weighted by Crippen LogP contribution is -2.30. The summed E-state index contributed by atoms with van der Waals surface area (Å²) in [7, 11) is 0. The first-order valence-corrected chi connectivity index (χ1v) is 18.4. The van der Waals surface area contributed by atoms with Crippen molar-refractivity contribution in [3.63, 3.8) is 0 Å². The van der Waals surface area contributed by atoms with E-state index in [2.05, 4.69) is 35.8 Å². The summed E-state index contributed by atoms with van der Waals surface area (Å²) in [4.78, 5) is 32.8. The number of hydrogen-bond acceptors (Lipinski definition) is 8. The zero-order valence-corrected chi connectivity index (χ0v) is 30.4. The van der Waals surface area contributed by atoms with E-state index in [0.717, 1.165) is 44.9 Å². The highest BCUT2D eigenvalue weighted by Gasteiger charge is 2.40. The molecule has 2 aromatic heterocycles. The first kappa shape index (κ1) is 34.2. The Kier molecular flexibility index (Phi) is 9.19. The molecule has 8 nitrogen and oxygen atoms in total. The minimum Gasteiger partial charge on any atom is -0.398 e. The number of allylic oxidation sites excluding steroid dienone is 2. The van der Waals surface area contributed by atoms with Crippen molar-refractivity contribution in [1.82, 2.24) is 19.9 Å². The molecule has 2 aliphatic heterocycles. The van der Waals surface area contributed by atoms with Gasteiger partial charge in [-0.3, -0.25) is 9.89 Å². The molecule has 268 valence electrons. The molecule has 0 saturated carbocycles. The largest absolute Gasteiger partial charge is 0.398 e. The molecule has 0 saturated heterocycles. The van der Waals surface area contributed by atoms with E-state index < -0.39 is 0 Å². The van der Waals surface area contributed by atoms with E-state index in [9.17, 15) is 0 Å². The molecule has 0 radical (unpaired) electrons. The summed E-state index contributed by atoms with van der Waals surface area (Å²) < 4.78 is 0. The predicted octanol–water partition coefficient (Wildman–Crippen LogP) is 9.93. The van der Waals surface area contributed by atoms with E-state index in [1.807, 2.05) is 158 Å². The quantitative estimate of drug-likeness (QED) is 0.149. The SMILES string of the molecule is C=C(N=C(/C=C(\N)c1ccccc1)c1ccccc1)c1cc(-c2nc(-c3ccccc3)cc(-c3ccccc3)n2)nc(N2c3ccccc3C3C=CC=NC32)n1. The Labute approximate surface area is 325 Å². The number of nitrogens with zero attached hydrogens (tertiary/aromatic N) is 7. The van der Waals surface area contributed by atoms with Gasteiger partial charge in [-0.15, -0.1) is 0 Å². The first-order chi connectivity index (χ1) is 27.6. The smallest absolute Gasteiger partial charge is 0.233 e. The average molecular weight is 725 g/mol. The molecule has 0 spiro atoms. The third-order valence-electron chi connectivity index (χ3n) is 9.83. The predicted molar refractivity (Wildman–Crippen MR) is 227 cm³/mol. The van der Waals surface area contributed by atoms with Gasteiger partial charge in [0, 0.05) is 34.5 Å². The number of dihydropyridines is 1. The fourth-order valence-corrected chi connectivity index (χ4v) is 7.08. The molecule has 2 aliphatic rings. The van der Waals surface area contributed by atoms with Gasteiger partial charge in [0.15, 0.2) is 5.82 Å². The van der Waals surface area contributed by atoms with Gasteiger partial charge in [0.25, 0.3) is 0 Å². The Balaban J connectivity index is 1.24. The Hall–Kier alpha value is -7.58. The number of anilines is 2. The van der Waals surface area contributed by atoms with Crippen LogP contribution in [-0.2, 0) is 0 Å². The maximum Gasteiger partial charge on any atom is 0.233 e. The van der Waals surface area contributed by atoms with Crippen LogP contribution in [0.2, 0.25) is 0 Å². The second kappa shape index (κ2) is 15.0. The van der Waals surface area contributed by atoms with Crippen LogP contribution in [0.3, 0.4) is 0 Å². The lowest BCUT2D eigenvalue weighted by Gasteiger charge is -2.26. The van der Waals surface area contributed by atoms with Crippen LogP contribution >= 0.6 is 0 Å². The Morgan fingerprint density at radius 2 is 1.23 bits per heavy atom. The number of hydrogen-bond donors (Lipinski definition) is 1. The molecule has 0 fully saturated rings. The summed E-state index contributed by atoms with van der Waals surface area (Å²) in [6.07, 6.45) is 7.61. The minimum atomic E-state index is -0.276. The van der Waals surface area contributed by atoms with Crippen molar-refractivity contribution < 1.29 is 0 Å². The summed E-state index contributed by atoms with van der Waals surface area (Å²) in [6.45, 7) is 4.48. The van der Waals surface area contributed by atoms with E-state index in [1.165, 1.54) is 0 Å². The minimum absolute atomic E-state index is 0.0336. The van der Waals surface area contributed by atoms with Crippen LogP contribution < -0.4 is 10.6 Å². The molecule has 56 heavy (non-hydrogen) atoms. The molecule has 8 heteroatoms. The van der Waals surface area contributed by atoms with Crippen LogP contribution in [0, 0.1) is 0 Å². The van der Waals surface area contributed by atoms with Gasteiger partial charge in [0.2, 0.25) is 5.95 Å². The number of nitrogens with two attached hydrogens (primary N) is 1. The second-order valence-corrected chi connectivity index (χ2v) is 13.5. The molecule has 0 bridgehead atoms. The van der Waals surface area contributed by atoms with Crippen LogP contribution in [-0.4, -0.2) is 38.0 Å². The van der Waals surface area contributed by atoms with E-state index in [1.54, 1.807) is 0 Å². The maximum atomic E-state index is 6.67. The van der Waals surface area contributed by atoms with Crippen molar-refractivity contribution in [3.8, 4) is 34.0 Å². The first-order valence-electron chi connectivity index (χ1n) is 18.4. The standard InChI is InChI=1S/C48H36N8/c1-32(51-41(34-19-8-3-9-20-34)29-39(49)33-17-6-2-7-18-33)40-30-44(55-48(54-40)56-45-27-15-14-25-37(45)38-26-16-28-50-47(38)56)46-52-42(35-21-10-4-11-22-35)31-43(53-46)36-23-12-5-13-24-36/h2-31,38,47H,1,49H2/b39-29-,51-41?. The third kappa shape index (κ3) is 6.83. The van der Waals surface area contributed by atoms with Gasteiger partial charge in [-0.05, 0) is 41.5 Å². The van der Waals surface area contributed by atoms with Gasteiger partial charge < -0.3 is 5.73 Å². The highest BCUT2D eigenvalue weighted by Crippen LogP contribution is 2.46. The van der Waals surface area contributed by atoms with Crippen molar-refractivity contribution in [2.75, 3.05) is 4.90 Å². The molecule has 2 atom stereocenters. The van der Waals surface area contributed by atoms with Crippen LogP contribution in [0.15, 0.2) is 193 Å². The lowest BCUT2D eigenvalue weighted by molar-refractivity contribution is 0.648. The van der Waals surface area contributed by atoms with E-state index in [0.29, 0.717) is 40.3 Å².